The van der Waals surface area contributed by atoms with E-state index in [0.29, 0.717) is 5.92 Å². The number of rotatable bonds is 6. The van der Waals surface area contributed by atoms with Gasteiger partial charge in [-0.05, 0) is 46.6 Å². The summed E-state index contributed by atoms with van der Waals surface area (Å²) in [4.78, 5) is 4.39. The van der Waals surface area contributed by atoms with E-state index in [0.717, 1.165) is 18.8 Å². The van der Waals surface area contributed by atoms with E-state index in [9.17, 15) is 0 Å². The summed E-state index contributed by atoms with van der Waals surface area (Å²) < 4.78 is 3.21. The molecule has 3 N–H and O–H groups in total. The Balaban J connectivity index is 2.24. The molecule has 114 valence electrons. The first-order valence-corrected chi connectivity index (χ1v) is 8.18. The molecule has 0 aliphatic rings. The van der Waals surface area contributed by atoms with Crippen molar-refractivity contribution < 1.29 is 0 Å². The van der Waals surface area contributed by atoms with Crippen LogP contribution >= 0.6 is 22.6 Å². The Kier molecular flexibility index (Phi) is 5.72. The normalized spacial score (nSPS) is 12.9. The molecule has 0 radical (unpaired) electrons. The van der Waals surface area contributed by atoms with Gasteiger partial charge in [-0.2, -0.15) is 5.10 Å². The zero-order valence-electron chi connectivity index (χ0n) is 12.7. The molecular formula is C15H22IN5. The van der Waals surface area contributed by atoms with Crippen LogP contribution < -0.4 is 11.3 Å². The number of benzene rings is 1. The molecule has 0 aliphatic heterocycles. The summed E-state index contributed by atoms with van der Waals surface area (Å²) in [6.45, 7) is 7.33. The molecule has 0 bridgehead atoms. The van der Waals surface area contributed by atoms with Crippen LogP contribution in [0.1, 0.15) is 36.8 Å². The molecule has 2 rings (SSSR count). The summed E-state index contributed by atoms with van der Waals surface area (Å²) in [6.07, 6.45) is 2.34. The van der Waals surface area contributed by atoms with Crippen molar-refractivity contribution in [1.82, 2.24) is 20.2 Å². The number of halogens is 1. The Morgan fingerprint density at radius 3 is 2.81 bits per heavy atom. The minimum atomic E-state index is 0.0342. The molecular weight excluding hydrogens is 377 g/mol. The van der Waals surface area contributed by atoms with Crippen LogP contribution in [0, 0.1) is 16.4 Å². The van der Waals surface area contributed by atoms with Gasteiger partial charge in [0.2, 0.25) is 0 Å². The topological polar surface area (TPSA) is 68.8 Å². The van der Waals surface area contributed by atoms with Crippen LogP contribution in [0.5, 0.6) is 0 Å². The molecule has 0 saturated heterocycles. The highest BCUT2D eigenvalue weighted by Gasteiger charge is 2.18. The van der Waals surface area contributed by atoms with Crippen molar-refractivity contribution in [3.63, 3.8) is 0 Å². The molecule has 21 heavy (non-hydrogen) atoms. The van der Waals surface area contributed by atoms with Crippen LogP contribution in [-0.4, -0.2) is 14.8 Å². The van der Waals surface area contributed by atoms with Gasteiger partial charge in [0.25, 0.3) is 0 Å². The first-order chi connectivity index (χ1) is 10.0. The highest BCUT2D eigenvalue weighted by Crippen LogP contribution is 2.25. The van der Waals surface area contributed by atoms with E-state index in [4.69, 9.17) is 5.84 Å². The number of nitrogens with two attached hydrogens (primary N) is 1. The monoisotopic (exact) mass is 399 g/mol. The Hall–Kier alpha value is -0.990. The van der Waals surface area contributed by atoms with Gasteiger partial charge in [0, 0.05) is 16.5 Å². The lowest BCUT2D eigenvalue weighted by Crippen LogP contribution is -2.31. The lowest BCUT2D eigenvalue weighted by Gasteiger charge is -2.19. The van der Waals surface area contributed by atoms with Crippen LogP contribution in [0.4, 0.5) is 0 Å². The fourth-order valence-electron chi connectivity index (χ4n) is 2.33. The van der Waals surface area contributed by atoms with Crippen LogP contribution in [0.3, 0.4) is 0 Å². The van der Waals surface area contributed by atoms with E-state index in [-0.39, 0.29) is 6.04 Å². The second-order valence-corrected chi connectivity index (χ2v) is 6.73. The van der Waals surface area contributed by atoms with Crippen LogP contribution in [-0.2, 0) is 13.0 Å². The standard InChI is InChI=1S/C15H22IN5/c1-10(2)8-21-14(18-9-19-21)7-13(20-17)12-6-4-5-11(3)15(12)16/h4-6,9-10,13,20H,7-8,17H2,1-3H3. The van der Waals surface area contributed by atoms with Crippen molar-refractivity contribution >= 4 is 22.6 Å². The molecule has 1 aromatic carbocycles. The summed E-state index contributed by atoms with van der Waals surface area (Å²) in [6, 6.07) is 6.32. The average Bonchev–Trinajstić information content (AvgIpc) is 2.86. The zero-order valence-corrected chi connectivity index (χ0v) is 14.8. The Bertz CT molecular complexity index is 593. The van der Waals surface area contributed by atoms with Gasteiger partial charge < -0.3 is 0 Å². The number of hydrogen-bond donors (Lipinski definition) is 2. The smallest absolute Gasteiger partial charge is 0.138 e. The molecule has 0 saturated carbocycles. The highest BCUT2D eigenvalue weighted by molar-refractivity contribution is 14.1. The Morgan fingerprint density at radius 1 is 1.38 bits per heavy atom. The van der Waals surface area contributed by atoms with E-state index in [1.165, 1.54) is 14.7 Å². The lowest BCUT2D eigenvalue weighted by atomic mass is 10.0. The molecule has 1 aromatic heterocycles. The van der Waals surface area contributed by atoms with Gasteiger partial charge in [-0.25, -0.2) is 9.67 Å². The highest BCUT2D eigenvalue weighted by atomic mass is 127. The zero-order chi connectivity index (χ0) is 15.4. The predicted octanol–water partition coefficient (Wildman–Crippen LogP) is 2.59. The second-order valence-electron chi connectivity index (χ2n) is 5.65. The molecule has 0 fully saturated rings. The van der Waals surface area contributed by atoms with Crippen LogP contribution in [0.25, 0.3) is 0 Å². The van der Waals surface area contributed by atoms with Gasteiger partial charge in [0.05, 0.1) is 6.04 Å². The van der Waals surface area contributed by atoms with Crippen molar-refractivity contribution in [2.75, 3.05) is 0 Å². The summed E-state index contributed by atoms with van der Waals surface area (Å²) in [5, 5.41) is 4.31. The third-order valence-corrected chi connectivity index (χ3v) is 4.89. The molecule has 1 heterocycles. The van der Waals surface area contributed by atoms with E-state index >= 15 is 0 Å². The van der Waals surface area contributed by atoms with Crippen molar-refractivity contribution in [3.8, 4) is 0 Å². The number of aryl methyl sites for hydroxylation is 1. The quantitative estimate of drug-likeness (QED) is 0.445. The van der Waals surface area contributed by atoms with Crippen LogP contribution in [0.15, 0.2) is 24.5 Å². The van der Waals surface area contributed by atoms with Gasteiger partial charge >= 0.3 is 0 Å². The summed E-state index contributed by atoms with van der Waals surface area (Å²) in [7, 11) is 0. The molecule has 1 atom stereocenters. The average molecular weight is 399 g/mol. The predicted molar refractivity (Wildman–Crippen MR) is 92.5 cm³/mol. The van der Waals surface area contributed by atoms with Gasteiger partial charge in [-0.1, -0.05) is 32.0 Å². The number of hydrogen-bond acceptors (Lipinski definition) is 4. The number of nitrogens with one attached hydrogen (secondary N) is 1. The molecule has 0 spiro atoms. The molecule has 6 heteroatoms. The van der Waals surface area contributed by atoms with Crippen molar-refractivity contribution in [2.24, 2.45) is 11.8 Å². The summed E-state index contributed by atoms with van der Waals surface area (Å²) in [5.41, 5.74) is 5.39. The maximum absolute atomic E-state index is 5.78. The number of nitrogens with zero attached hydrogens (tertiary/aromatic N) is 3. The van der Waals surface area contributed by atoms with Gasteiger partial charge in [0.1, 0.15) is 12.2 Å². The largest absolute Gasteiger partial charge is 0.271 e. The van der Waals surface area contributed by atoms with Crippen molar-refractivity contribution in [1.29, 1.82) is 0 Å². The maximum Gasteiger partial charge on any atom is 0.138 e. The molecule has 2 aromatic rings. The van der Waals surface area contributed by atoms with Crippen molar-refractivity contribution in [2.45, 2.75) is 39.8 Å². The Labute approximate surface area is 139 Å². The maximum atomic E-state index is 5.78. The van der Waals surface area contributed by atoms with Gasteiger partial charge in [0.15, 0.2) is 0 Å². The molecule has 5 nitrogen and oxygen atoms in total. The number of aromatic nitrogens is 3. The first-order valence-electron chi connectivity index (χ1n) is 7.10. The SMILES string of the molecule is Cc1cccc(C(Cc2ncnn2CC(C)C)NN)c1I. The Morgan fingerprint density at radius 2 is 2.14 bits per heavy atom. The minimum absolute atomic E-state index is 0.0342. The molecule has 0 amide bonds. The second kappa shape index (κ2) is 7.33. The third kappa shape index (κ3) is 4.02. The minimum Gasteiger partial charge on any atom is -0.271 e. The van der Waals surface area contributed by atoms with E-state index in [1.807, 2.05) is 4.68 Å². The molecule has 1 unspecified atom stereocenters. The van der Waals surface area contributed by atoms with E-state index in [2.05, 4.69) is 77.1 Å². The summed E-state index contributed by atoms with van der Waals surface area (Å²) in [5.74, 6) is 7.28. The molecule has 0 aliphatic carbocycles. The van der Waals surface area contributed by atoms with Crippen LogP contribution in [0.2, 0.25) is 0 Å². The van der Waals surface area contributed by atoms with E-state index < -0.39 is 0 Å². The van der Waals surface area contributed by atoms with Crippen molar-refractivity contribution in [3.05, 3.63) is 45.0 Å². The third-order valence-electron chi connectivity index (χ3n) is 3.42. The lowest BCUT2D eigenvalue weighted by molar-refractivity contribution is 0.446. The van der Waals surface area contributed by atoms with Gasteiger partial charge in [-0.3, -0.25) is 11.3 Å². The fourth-order valence-corrected chi connectivity index (χ4v) is 3.06. The fraction of sp³-hybridized carbons (Fsp3) is 0.467. The number of hydrazine groups is 1. The summed E-state index contributed by atoms with van der Waals surface area (Å²) >= 11 is 2.37. The van der Waals surface area contributed by atoms with E-state index in [1.54, 1.807) is 6.33 Å². The first kappa shape index (κ1) is 16.4. The van der Waals surface area contributed by atoms with Gasteiger partial charge in [-0.15, -0.1) is 0 Å².